The van der Waals surface area contributed by atoms with Crippen LogP contribution in [0.3, 0.4) is 0 Å². The van der Waals surface area contributed by atoms with E-state index in [2.05, 4.69) is 0 Å². The lowest BCUT2D eigenvalue weighted by atomic mass is 9.90. The van der Waals surface area contributed by atoms with E-state index in [0.717, 1.165) is 33.4 Å². The maximum atomic E-state index is 13.3. The summed E-state index contributed by atoms with van der Waals surface area (Å²) in [5.41, 5.74) is 5.62. The molecule has 1 aromatic rings. The molecule has 1 rings (SSSR count). The first kappa shape index (κ1) is 27.8. The Morgan fingerprint density at radius 3 is 1.33 bits per heavy atom. The third kappa shape index (κ3) is 7.73. The standard InChI is InChI=1S/C21H39O6P3/c1-10-25-29(9,23)14-20-16(4)19(13-28(7,8)22)17(5)21(18(20)6)15-30(24,26-11-2)27-12-3/h10-15H2,1-9H3. The van der Waals surface area contributed by atoms with E-state index in [1.165, 1.54) is 0 Å². The second-order valence-electron chi connectivity index (χ2n) is 8.24. The molecule has 30 heavy (non-hydrogen) atoms. The van der Waals surface area contributed by atoms with E-state index in [1.54, 1.807) is 33.8 Å². The summed E-state index contributed by atoms with van der Waals surface area (Å²) < 4.78 is 55.6. The van der Waals surface area contributed by atoms with Crippen molar-refractivity contribution in [1.29, 1.82) is 0 Å². The molecule has 1 atom stereocenters. The Balaban J connectivity index is 3.72. The van der Waals surface area contributed by atoms with Crippen LogP contribution in [0.5, 0.6) is 0 Å². The molecule has 0 amide bonds. The fourth-order valence-electron chi connectivity index (χ4n) is 3.80. The minimum Gasteiger partial charge on any atom is -0.329 e. The molecule has 174 valence electrons. The van der Waals surface area contributed by atoms with Gasteiger partial charge in [0.15, 0.2) is 0 Å². The molecule has 0 fully saturated rings. The van der Waals surface area contributed by atoms with Crippen molar-refractivity contribution >= 4 is 22.1 Å². The highest BCUT2D eigenvalue weighted by Crippen LogP contribution is 2.55. The zero-order valence-corrected chi connectivity index (χ0v) is 22.7. The molecule has 0 spiro atoms. The number of hydrogen-bond acceptors (Lipinski definition) is 6. The van der Waals surface area contributed by atoms with Crippen LogP contribution in [0.1, 0.15) is 54.2 Å². The van der Waals surface area contributed by atoms with E-state index in [-0.39, 0.29) is 25.5 Å². The summed E-state index contributed by atoms with van der Waals surface area (Å²) >= 11 is 0. The van der Waals surface area contributed by atoms with Crippen molar-refractivity contribution in [3.05, 3.63) is 33.4 Å². The molecular formula is C21H39O6P3. The van der Waals surface area contributed by atoms with Crippen LogP contribution in [0.4, 0.5) is 0 Å². The Morgan fingerprint density at radius 1 is 0.600 bits per heavy atom. The SMILES string of the molecule is CCOP(C)(=O)Cc1c(C)c(CP(C)(C)=O)c(C)c(CP(=O)(OCC)OCC)c1C. The van der Waals surface area contributed by atoms with E-state index in [9.17, 15) is 13.7 Å². The first-order valence-corrected chi connectivity index (χ1v) is 17.2. The van der Waals surface area contributed by atoms with Gasteiger partial charge in [-0.2, -0.15) is 0 Å². The third-order valence-electron chi connectivity index (χ3n) is 5.11. The van der Waals surface area contributed by atoms with E-state index in [1.807, 2.05) is 27.7 Å². The van der Waals surface area contributed by atoms with Crippen molar-refractivity contribution in [3.8, 4) is 0 Å². The highest BCUT2D eigenvalue weighted by Gasteiger charge is 2.30. The van der Waals surface area contributed by atoms with Gasteiger partial charge in [-0.3, -0.25) is 9.13 Å². The molecule has 0 saturated heterocycles. The molecule has 1 aromatic carbocycles. The van der Waals surface area contributed by atoms with E-state index in [0.29, 0.717) is 12.8 Å². The van der Waals surface area contributed by atoms with Gasteiger partial charge in [-0.05, 0) is 88.3 Å². The second kappa shape index (κ2) is 11.1. The van der Waals surface area contributed by atoms with Crippen molar-refractivity contribution in [2.45, 2.75) is 60.0 Å². The number of rotatable bonds is 12. The van der Waals surface area contributed by atoms with Crippen LogP contribution in [-0.2, 0) is 45.8 Å². The topological polar surface area (TPSA) is 78.9 Å². The largest absolute Gasteiger partial charge is 0.335 e. The predicted octanol–water partition coefficient (Wildman–Crippen LogP) is 6.95. The van der Waals surface area contributed by atoms with Gasteiger partial charge in [0.25, 0.3) is 0 Å². The molecule has 0 aromatic heterocycles. The summed E-state index contributed by atoms with van der Waals surface area (Å²) in [5.74, 6) is 0. The summed E-state index contributed by atoms with van der Waals surface area (Å²) in [6.07, 6.45) is 0.846. The van der Waals surface area contributed by atoms with Gasteiger partial charge in [0.05, 0.1) is 39.3 Å². The molecule has 0 heterocycles. The monoisotopic (exact) mass is 480 g/mol. The predicted molar refractivity (Wildman–Crippen MR) is 127 cm³/mol. The minimum absolute atomic E-state index is 0.132. The second-order valence-corrected chi connectivity index (χ2v) is 16.4. The Labute approximate surface area is 182 Å². The normalized spacial score (nSPS) is 14.7. The molecule has 0 radical (unpaired) electrons. The van der Waals surface area contributed by atoms with Crippen LogP contribution in [0.2, 0.25) is 0 Å². The molecule has 0 N–H and O–H groups in total. The van der Waals surface area contributed by atoms with Crippen molar-refractivity contribution in [2.75, 3.05) is 39.8 Å². The molecule has 1 unspecified atom stereocenters. The summed E-state index contributed by atoms with van der Waals surface area (Å²) in [6.45, 7) is 17.4. The van der Waals surface area contributed by atoms with Crippen LogP contribution in [-0.4, -0.2) is 39.8 Å². The van der Waals surface area contributed by atoms with Crippen molar-refractivity contribution in [3.63, 3.8) is 0 Å². The molecule has 9 heteroatoms. The summed E-state index contributed by atoms with van der Waals surface area (Å²) in [5, 5.41) is 0. The summed E-state index contributed by atoms with van der Waals surface area (Å²) in [6, 6.07) is 0. The highest BCUT2D eigenvalue weighted by atomic mass is 31.2. The fraction of sp³-hybridized carbons (Fsp3) is 0.714. The van der Waals surface area contributed by atoms with Gasteiger partial charge in [0.2, 0.25) is 7.37 Å². The first-order chi connectivity index (χ1) is 13.7. The number of benzene rings is 1. The smallest absolute Gasteiger partial charge is 0.329 e. The first-order valence-electron chi connectivity index (χ1n) is 10.4. The van der Waals surface area contributed by atoms with Crippen LogP contribution < -0.4 is 0 Å². The van der Waals surface area contributed by atoms with E-state index in [4.69, 9.17) is 13.6 Å². The average molecular weight is 480 g/mol. The zero-order chi connectivity index (χ0) is 23.3. The zero-order valence-electron chi connectivity index (χ0n) is 20.0. The lowest BCUT2D eigenvalue weighted by Crippen LogP contribution is -2.10. The summed E-state index contributed by atoms with van der Waals surface area (Å²) in [4.78, 5) is 0. The van der Waals surface area contributed by atoms with Gasteiger partial charge < -0.3 is 18.1 Å². The Kier molecular flexibility index (Phi) is 10.3. The van der Waals surface area contributed by atoms with Gasteiger partial charge in [0.1, 0.15) is 0 Å². The van der Waals surface area contributed by atoms with Gasteiger partial charge >= 0.3 is 7.60 Å². The maximum Gasteiger partial charge on any atom is 0.335 e. The Bertz CT molecular complexity index is 877. The maximum absolute atomic E-state index is 13.3. The Hall–Kier alpha value is -0.210. The molecule has 0 aliphatic heterocycles. The minimum atomic E-state index is -3.33. The number of hydrogen-bond donors (Lipinski definition) is 0. The van der Waals surface area contributed by atoms with Crippen LogP contribution in [0.25, 0.3) is 0 Å². The van der Waals surface area contributed by atoms with Crippen LogP contribution in [0, 0.1) is 20.8 Å². The van der Waals surface area contributed by atoms with Crippen molar-refractivity contribution < 1.29 is 27.3 Å². The average Bonchev–Trinajstić information content (AvgIpc) is 2.59. The van der Waals surface area contributed by atoms with Gasteiger partial charge in [-0.1, -0.05) is 0 Å². The van der Waals surface area contributed by atoms with Crippen LogP contribution in [0.15, 0.2) is 0 Å². The molecule has 6 nitrogen and oxygen atoms in total. The quantitative estimate of drug-likeness (QED) is 0.301. The van der Waals surface area contributed by atoms with Gasteiger partial charge in [-0.25, -0.2) is 0 Å². The molecule has 0 bridgehead atoms. The molecule has 0 aliphatic rings. The van der Waals surface area contributed by atoms with Crippen LogP contribution >= 0.6 is 22.1 Å². The fourth-order valence-corrected chi connectivity index (χ4v) is 8.63. The lowest BCUT2D eigenvalue weighted by molar-refractivity contribution is 0.219. The summed E-state index contributed by atoms with van der Waals surface area (Å²) in [7, 11) is -8.55. The van der Waals surface area contributed by atoms with Gasteiger partial charge in [-0.15, -0.1) is 0 Å². The van der Waals surface area contributed by atoms with Crippen molar-refractivity contribution in [1.82, 2.24) is 0 Å². The van der Waals surface area contributed by atoms with Crippen molar-refractivity contribution in [2.24, 2.45) is 0 Å². The van der Waals surface area contributed by atoms with E-state index < -0.39 is 22.1 Å². The van der Waals surface area contributed by atoms with E-state index >= 15 is 0 Å². The Morgan fingerprint density at radius 2 is 0.967 bits per heavy atom. The lowest BCUT2D eigenvalue weighted by Gasteiger charge is -2.26. The highest BCUT2D eigenvalue weighted by molar-refractivity contribution is 7.61. The van der Waals surface area contributed by atoms with Gasteiger partial charge in [0, 0.05) is 12.8 Å². The third-order valence-corrected chi connectivity index (χ3v) is 9.89. The molecule has 0 saturated carbocycles. The molecule has 0 aliphatic carbocycles. The molecular weight excluding hydrogens is 441 g/mol.